The number of nitrogens with two attached hydrogens (primary N) is 1. The van der Waals surface area contributed by atoms with Crippen LogP contribution in [0.15, 0.2) is 6.20 Å². The molecule has 4 heteroatoms. The van der Waals surface area contributed by atoms with Crippen molar-refractivity contribution >= 4 is 0 Å². The first-order valence-corrected chi connectivity index (χ1v) is 7.06. The zero-order valence-corrected chi connectivity index (χ0v) is 12.3. The maximum absolute atomic E-state index is 5.96. The summed E-state index contributed by atoms with van der Waals surface area (Å²) in [7, 11) is 4.15. The summed E-state index contributed by atoms with van der Waals surface area (Å²) in [6.07, 6.45) is 6.87. The van der Waals surface area contributed by atoms with Gasteiger partial charge in [0.1, 0.15) is 0 Å². The number of hydrogen-bond donors (Lipinski definition) is 1. The van der Waals surface area contributed by atoms with Crippen molar-refractivity contribution in [1.82, 2.24) is 14.7 Å². The molecule has 0 amide bonds. The van der Waals surface area contributed by atoms with Gasteiger partial charge in [0.05, 0.1) is 11.7 Å². The van der Waals surface area contributed by atoms with Gasteiger partial charge < -0.3 is 5.73 Å². The van der Waals surface area contributed by atoms with Crippen LogP contribution in [0.4, 0.5) is 0 Å². The van der Waals surface area contributed by atoms with Crippen LogP contribution in [0.25, 0.3) is 0 Å². The standard InChI is InChI=1S/C14H28N4/c1-5-7-8-9-17(3)14(10-15)12-11-18(4)16-13(12)6-2/h11,14H,5-10,15H2,1-4H3. The van der Waals surface area contributed by atoms with Gasteiger partial charge in [0.25, 0.3) is 0 Å². The third kappa shape index (κ3) is 3.82. The molecule has 104 valence electrons. The van der Waals surface area contributed by atoms with Crippen LogP contribution in [0.5, 0.6) is 0 Å². The van der Waals surface area contributed by atoms with E-state index in [1.54, 1.807) is 0 Å². The number of likely N-dealkylation sites (N-methyl/N-ethyl adjacent to an activating group) is 1. The Morgan fingerprint density at radius 1 is 1.39 bits per heavy atom. The minimum absolute atomic E-state index is 0.297. The van der Waals surface area contributed by atoms with E-state index in [0.29, 0.717) is 12.6 Å². The van der Waals surface area contributed by atoms with Crippen LogP contribution >= 0.6 is 0 Å². The van der Waals surface area contributed by atoms with Gasteiger partial charge in [-0.15, -0.1) is 0 Å². The van der Waals surface area contributed by atoms with Crippen molar-refractivity contribution in [3.63, 3.8) is 0 Å². The van der Waals surface area contributed by atoms with Gasteiger partial charge >= 0.3 is 0 Å². The minimum atomic E-state index is 0.297. The maximum Gasteiger partial charge on any atom is 0.0670 e. The van der Waals surface area contributed by atoms with Crippen molar-refractivity contribution in [1.29, 1.82) is 0 Å². The number of hydrogen-bond acceptors (Lipinski definition) is 3. The Bertz CT molecular complexity index is 346. The molecule has 2 N–H and O–H groups in total. The number of nitrogens with zero attached hydrogens (tertiary/aromatic N) is 3. The zero-order valence-electron chi connectivity index (χ0n) is 12.3. The predicted octanol–water partition coefficient (Wildman–Crippen LogP) is 2.10. The van der Waals surface area contributed by atoms with E-state index in [1.165, 1.54) is 30.5 Å². The second-order valence-electron chi connectivity index (χ2n) is 5.00. The van der Waals surface area contributed by atoms with Crippen LogP contribution < -0.4 is 5.73 Å². The topological polar surface area (TPSA) is 47.1 Å². The lowest BCUT2D eigenvalue weighted by atomic mass is 10.0. The van der Waals surface area contributed by atoms with E-state index in [1.807, 2.05) is 11.7 Å². The van der Waals surface area contributed by atoms with Crippen LogP contribution in [-0.2, 0) is 13.5 Å². The summed E-state index contributed by atoms with van der Waals surface area (Å²) < 4.78 is 1.90. The molecule has 0 aromatic carbocycles. The summed E-state index contributed by atoms with van der Waals surface area (Å²) in [4.78, 5) is 2.37. The molecular formula is C14H28N4. The Morgan fingerprint density at radius 3 is 2.67 bits per heavy atom. The molecule has 1 heterocycles. The highest BCUT2D eigenvalue weighted by atomic mass is 15.3. The first-order chi connectivity index (χ1) is 8.63. The Morgan fingerprint density at radius 2 is 2.11 bits per heavy atom. The molecule has 1 aromatic rings. The summed E-state index contributed by atoms with van der Waals surface area (Å²) in [6.45, 7) is 6.14. The highest BCUT2D eigenvalue weighted by Crippen LogP contribution is 2.22. The average molecular weight is 252 g/mol. The molecule has 0 aliphatic carbocycles. The molecule has 0 radical (unpaired) electrons. The third-order valence-corrected chi connectivity index (χ3v) is 3.50. The molecule has 1 atom stereocenters. The lowest BCUT2D eigenvalue weighted by molar-refractivity contribution is 0.244. The van der Waals surface area contributed by atoms with Crippen LogP contribution in [0, 0.1) is 0 Å². The molecule has 0 aliphatic heterocycles. The molecule has 0 aliphatic rings. The average Bonchev–Trinajstić information content (AvgIpc) is 2.72. The van der Waals surface area contributed by atoms with E-state index >= 15 is 0 Å². The van der Waals surface area contributed by atoms with Crippen molar-refractivity contribution in [3.8, 4) is 0 Å². The molecule has 1 rings (SSSR count). The van der Waals surface area contributed by atoms with E-state index in [-0.39, 0.29) is 0 Å². The maximum atomic E-state index is 5.96. The van der Waals surface area contributed by atoms with Gasteiger partial charge in [0, 0.05) is 25.4 Å². The largest absolute Gasteiger partial charge is 0.329 e. The SMILES string of the molecule is CCCCCN(C)C(CN)c1cn(C)nc1CC. The molecule has 0 saturated heterocycles. The molecule has 4 nitrogen and oxygen atoms in total. The van der Waals surface area contributed by atoms with E-state index < -0.39 is 0 Å². The quantitative estimate of drug-likeness (QED) is 0.721. The first kappa shape index (κ1) is 15.2. The van der Waals surface area contributed by atoms with Crippen LogP contribution in [0.2, 0.25) is 0 Å². The Kier molecular flexibility index (Phi) is 6.36. The predicted molar refractivity (Wildman–Crippen MR) is 76.5 cm³/mol. The summed E-state index contributed by atoms with van der Waals surface area (Å²) in [5, 5.41) is 4.51. The third-order valence-electron chi connectivity index (χ3n) is 3.50. The highest BCUT2D eigenvalue weighted by molar-refractivity contribution is 5.22. The molecule has 0 spiro atoms. The van der Waals surface area contributed by atoms with Crippen molar-refractivity contribution in [2.45, 2.75) is 45.6 Å². The number of aromatic nitrogens is 2. The monoisotopic (exact) mass is 252 g/mol. The van der Waals surface area contributed by atoms with Crippen LogP contribution in [-0.4, -0.2) is 34.8 Å². The van der Waals surface area contributed by atoms with Crippen molar-refractivity contribution in [3.05, 3.63) is 17.5 Å². The second kappa shape index (κ2) is 7.54. The lowest BCUT2D eigenvalue weighted by Crippen LogP contribution is -2.31. The Hall–Kier alpha value is -0.870. The van der Waals surface area contributed by atoms with E-state index in [0.717, 1.165) is 13.0 Å². The van der Waals surface area contributed by atoms with Gasteiger partial charge in [0.2, 0.25) is 0 Å². The Balaban J connectivity index is 2.74. The van der Waals surface area contributed by atoms with Crippen LogP contribution in [0.3, 0.4) is 0 Å². The molecule has 18 heavy (non-hydrogen) atoms. The van der Waals surface area contributed by atoms with Crippen molar-refractivity contribution in [2.75, 3.05) is 20.1 Å². The fourth-order valence-electron chi connectivity index (χ4n) is 2.42. The van der Waals surface area contributed by atoms with Crippen molar-refractivity contribution in [2.24, 2.45) is 12.8 Å². The molecule has 1 unspecified atom stereocenters. The molecule has 0 fully saturated rings. The first-order valence-electron chi connectivity index (χ1n) is 7.06. The zero-order chi connectivity index (χ0) is 13.5. The fraction of sp³-hybridized carbons (Fsp3) is 0.786. The minimum Gasteiger partial charge on any atom is -0.329 e. The molecular weight excluding hydrogens is 224 g/mol. The summed E-state index contributed by atoms with van der Waals surface area (Å²) in [5.74, 6) is 0. The smallest absolute Gasteiger partial charge is 0.0670 e. The number of unbranched alkanes of at least 4 members (excludes halogenated alkanes) is 2. The molecule has 0 saturated carbocycles. The number of aryl methyl sites for hydroxylation is 2. The van der Waals surface area contributed by atoms with E-state index in [9.17, 15) is 0 Å². The summed E-state index contributed by atoms with van der Waals surface area (Å²) in [6, 6.07) is 0.297. The van der Waals surface area contributed by atoms with Crippen molar-refractivity contribution < 1.29 is 0 Å². The highest BCUT2D eigenvalue weighted by Gasteiger charge is 2.20. The van der Waals surface area contributed by atoms with E-state index in [2.05, 4.69) is 37.1 Å². The normalized spacial score (nSPS) is 13.2. The lowest BCUT2D eigenvalue weighted by Gasteiger charge is -2.27. The fourth-order valence-corrected chi connectivity index (χ4v) is 2.42. The molecule has 1 aromatic heterocycles. The second-order valence-corrected chi connectivity index (χ2v) is 5.00. The van der Waals surface area contributed by atoms with Gasteiger partial charge in [-0.3, -0.25) is 9.58 Å². The van der Waals surface area contributed by atoms with Gasteiger partial charge in [-0.25, -0.2) is 0 Å². The van der Waals surface area contributed by atoms with Gasteiger partial charge in [-0.1, -0.05) is 26.7 Å². The molecule has 0 bridgehead atoms. The Labute approximate surface area is 111 Å². The summed E-state index contributed by atoms with van der Waals surface area (Å²) in [5.41, 5.74) is 8.43. The van der Waals surface area contributed by atoms with Gasteiger partial charge in [0.15, 0.2) is 0 Å². The number of rotatable bonds is 8. The van der Waals surface area contributed by atoms with E-state index in [4.69, 9.17) is 5.73 Å². The summed E-state index contributed by atoms with van der Waals surface area (Å²) >= 11 is 0. The van der Waals surface area contributed by atoms with Gasteiger partial charge in [-0.05, 0) is 26.4 Å². The van der Waals surface area contributed by atoms with Gasteiger partial charge in [-0.2, -0.15) is 5.10 Å². The van der Waals surface area contributed by atoms with Crippen LogP contribution in [0.1, 0.15) is 50.4 Å².